The number of halogens is 3. The summed E-state index contributed by atoms with van der Waals surface area (Å²) in [6.45, 7) is 0.313. The molecule has 1 amide bonds. The van der Waals surface area contributed by atoms with Gasteiger partial charge in [0.25, 0.3) is 0 Å². The van der Waals surface area contributed by atoms with E-state index in [9.17, 15) is 18.0 Å². The van der Waals surface area contributed by atoms with E-state index in [0.29, 0.717) is 0 Å². The molecule has 1 heterocycles. The van der Waals surface area contributed by atoms with Crippen LogP contribution in [0.15, 0.2) is 0 Å². The minimum atomic E-state index is -4.32. The van der Waals surface area contributed by atoms with Gasteiger partial charge in [-0.05, 0) is 13.0 Å². The smallest absolute Gasteiger partial charge is 0.369 e. The molecule has 13 heavy (non-hydrogen) atoms. The zero-order chi connectivity index (χ0) is 10.1. The molecule has 0 spiro atoms. The molecule has 0 aliphatic carbocycles. The Hall–Kier alpha value is -0.780. The Balaban J connectivity index is 2.73. The van der Waals surface area contributed by atoms with Crippen molar-refractivity contribution in [2.45, 2.75) is 12.6 Å². The third kappa shape index (κ3) is 2.33. The van der Waals surface area contributed by atoms with E-state index in [-0.39, 0.29) is 19.5 Å². The highest BCUT2D eigenvalue weighted by Gasteiger charge is 2.47. The first-order valence-electron chi connectivity index (χ1n) is 3.99. The SMILES string of the molecule is NC(=O)C1CNCCC1C(F)(F)F. The maximum absolute atomic E-state index is 12.3. The summed E-state index contributed by atoms with van der Waals surface area (Å²) < 4.78 is 36.9. The molecule has 76 valence electrons. The molecule has 1 aliphatic heterocycles. The van der Waals surface area contributed by atoms with Crippen LogP contribution in [0.5, 0.6) is 0 Å². The summed E-state index contributed by atoms with van der Waals surface area (Å²) in [4.78, 5) is 10.7. The maximum Gasteiger partial charge on any atom is 0.392 e. The van der Waals surface area contributed by atoms with E-state index in [2.05, 4.69) is 5.32 Å². The molecule has 0 aromatic heterocycles. The van der Waals surface area contributed by atoms with Gasteiger partial charge in [0.2, 0.25) is 5.91 Å². The molecule has 0 radical (unpaired) electrons. The minimum absolute atomic E-state index is 0.0273. The zero-order valence-electron chi connectivity index (χ0n) is 6.90. The van der Waals surface area contributed by atoms with Gasteiger partial charge < -0.3 is 11.1 Å². The Morgan fingerprint density at radius 2 is 2.08 bits per heavy atom. The van der Waals surface area contributed by atoms with E-state index in [4.69, 9.17) is 5.73 Å². The second-order valence-electron chi connectivity index (χ2n) is 3.15. The van der Waals surface area contributed by atoms with E-state index >= 15 is 0 Å². The summed E-state index contributed by atoms with van der Waals surface area (Å²) in [5, 5.41) is 2.72. The Kier molecular flexibility index (Phi) is 2.80. The van der Waals surface area contributed by atoms with Crippen LogP contribution >= 0.6 is 0 Å². The summed E-state index contributed by atoms with van der Waals surface area (Å²) in [5.74, 6) is -3.57. The lowest BCUT2D eigenvalue weighted by Gasteiger charge is -2.31. The number of nitrogens with one attached hydrogen (secondary N) is 1. The highest BCUT2D eigenvalue weighted by Crippen LogP contribution is 2.35. The van der Waals surface area contributed by atoms with E-state index in [1.807, 2.05) is 0 Å². The van der Waals surface area contributed by atoms with Crippen LogP contribution in [-0.2, 0) is 4.79 Å². The highest BCUT2D eigenvalue weighted by molar-refractivity contribution is 5.77. The van der Waals surface area contributed by atoms with Gasteiger partial charge in [0.15, 0.2) is 0 Å². The van der Waals surface area contributed by atoms with Gasteiger partial charge in [0.1, 0.15) is 0 Å². The van der Waals surface area contributed by atoms with Crippen molar-refractivity contribution in [3.05, 3.63) is 0 Å². The van der Waals surface area contributed by atoms with Crippen molar-refractivity contribution in [2.24, 2.45) is 17.6 Å². The fourth-order valence-electron chi connectivity index (χ4n) is 1.55. The zero-order valence-corrected chi connectivity index (χ0v) is 6.90. The van der Waals surface area contributed by atoms with Gasteiger partial charge in [-0.1, -0.05) is 0 Å². The third-order valence-electron chi connectivity index (χ3n) is 2.27. The van der Waals surface area contributed by atoms with Gasteiger partial charge in [0.05, 0.1) is 11.8 Å². The maximum atomic E-state index is 12.3. The topological polar surface area (TPSA) is 55.1 Å². The summed E-state index contributed by atoms with van der Waals surface area (Å²) in [6.07, 6.45) is -4.39. The largest absolute Gasteiger partial charge is 0.392 e. The highest BCUT2D eigenvalue weighted by atomic mass is 19.4. The van der Waals surface area contributed by atoms with Crippen LogP contribution in [0.2, 0.25) is 0 Å². The van der Waals surface area contributed by atoms with Gasteiger partial charge in [0, 0.05) is 6.54 Å². The second-order valence-corrected chi connectivity index (χ2v) is 3.15. The van der Waals surface area contributed by atoms with Gasteiger partial charge in [-0.25, -0.2) is 0 Å². The average Bonchev–Trinajstić information content (AvgIpc) is 2.03. The van der Waals surface area contributed by atoms with Crippen molar-refractivity contribution in [2.75, 3.05) is 13.1 Å². The lowest BCUT2D eigenvalue weighted by molar-refractivity contribution is -0.195. The molecule has 1 aliphatic rings. The molecule has 0 aromatic carbocycles. The predicted molar refractivity (Wildman–Crippen MR) is 39.7 cm³/mol. The minimum Gasteiger partial charge on any atom is -0.369 e. The van der Waals surface area contributed by atoms with Crippen LogP contribution in [0.25, 0.3) is 0 Å². The number of hydrogen-bond acceptors (Lipinski definition) is 2. The number of piperidine rings is 1. The van der Waals surface area contributed by atoms with Crippen LogP contribution < -0.4 is 11.1 Å². The quantitative estimate of drug-likeness (QED) is 0.632. The van der Waals surface area contributed by atoms with Gasteiger partial charge in [-0.15, -0.1) is 0 Å². The number of rotatable bonds is 1. The summed E-state index contributed by atoms with van der Waals surface area (Å²) in [7, 11) is 0. The summed E-state index contributed by atoms with van der Waals surface area (Å²) in [5.41, 5.74) is 4.88. The number of primary amides is 1. The van der Waals surface area contributed by atoms with Crippen molar-refractivity contribution in [3.8, 4) is 0 Å². The first kappa shape index (κ1) is 10.3. The molecule has 3 N–H and O–H groups in total. The predicted octanol–water partition coefficient (Wildman–Crippen LogP) is 0.260. The van der Waals surface area contributed by atoms with Gasteiger partial charge in [-0.3, -0.25) is 4.79 Å². The molecule has 2 unspecified atom stereocenters. The normalized spacial score (nSPS) is 30.1. The number of amides is 1. The van der Waals surface area contributed by atoms with E-state index in [1.54, 1.807) is 0 Å². The lowest BCUT2D eigenvalue weighted by atomic mass is 9.85. The van der Waals surface area contributed by atoms with Crippen molar-refractivity contribution in [3.63, 3.8) is 0 Å². The van der Waals surface area contributed by atoms with Gasteiger partial charge in [-0.2, -0.15) is 13.2 Å². The standard InChI is InChI=1S/C7H11F3N2O/c8-7(9,10)5-1-2-12-3-4(5)6(11)13/h4-5,12H,1-3H2,(H2,11,13). The first-order chi connectivity index (χ1) is 5.93. The molecule has 1 saturated heterocycles. The Labute approximate surface area is 73.5 Å². The molecule has 0 saturated carbocycles. The van der Waals surface area contributed by atoms with Crippen molar-refractivity contribution in [1.29, 1.82) is 0 Å². The molecule has 1 fully saturated rings. The molecule has 3 nitrogen and oxygen atoms in total. The molecule has 2 atom stereocenters. The fourth-order valence-corrected chi connectivity index (χ4v) is 1.55. The number of hydrogen-bond donors (Lipinski definition) is 2. The van der Waals surface area contributed by atoms with E-state index in [1.165, 1.54) is 0 Å². The summed E-state index contributed by atoms with van der Waals surface area (Å²) in [6, 6.07) is 0. The third-order valence-corrected chi connectivity index (χ3v) is 2.27. The van der Waals surface area contributed by atoms with Crippen molar-refractivity contribution < 1.29 is 18.0 Å². The Morgan fingerprint density at radius 1 is 1.46 bits per heavy atom. The van der Waals surface area contributed by atoms with Crippen LogP contribution in [0.1, 0.15) is 6.42 Å². The van der Waals surface area contributed by atoms with E-state index < -0.39 is 23.9 Å². The second kappa shape index (κ2) is 3.53. The van der Waals surface area contributed by atoms with Crippen LogP contribution in [0, 0.1) is 11.8 Å². The number of carbonyl (C=O) groups is 1. The summed E-state index contributed by atoms with van der Waals surface area (Å²) >= 11 is 0. The number of carbonyl (C=O) groups excluding carboxylic acids is 1. The van der Waals surface area contributed by atoms with Gasteiger partial charge >= 0.3 is 6.18 Å². The van der Waals surface area contributed by atoms with Crippen molar-refractivity contribution in [1.82, 2.24) is 5.32 Å². The average molecular weight is 196 g/mol. The Morgan fingerprint density at radius 3 is 2.46 bits per heavy atom. The molecular weight excluding hydrogens is 185 g/mol. The fraction of sp³-hybridized carbons (Fsp3) is 0.857. The Bertz CT molecular complexity index is 204. The van der Waals surface area contributed by atoms with E-state index in [0.717, 1.165) is 0 Å². The molecule has 0 aromatic rings. The lowest BCUT2D eigenvalue weighted by Crippen LogP contribution is -2.48. The van der Waals surface area contributed by atoms with Crippen LogP contribution in [0.4, 0.5) is 13.2 Å². The first-order valence-corrected chi connectivity index (χ1v) is 3.99. The molecule has 1 rings (SSSR count). The van der Waals surface area contributed by atoms with Crippen molar-refractivity contribution >= 4 is 5.91 Å². The van der Waals surface area contributed by atoms with Crippen LogP contribution in [-0.4, -0.2) is 25.2 Å². The molecule has 6 heteroatoms. The number of alkyl halides is 3. The monoisotopic (exact) mass is 196 g/mol. The number of nitrogens with two attached hydrogens (primary N) is 1. The molecular formula is C7H11F3N2O. The molecule has 0 bridgehead atoms. The van der Waals surface area contributed by atoms with Crippen LogP contribution in [0.3, 0.4) is 0 Å².